The molecule has 0 bridgehead atoms. The van der Waals surface area contributed by atoms with E-state index < -0.39 is 0 Å². The van der Waals surface area contributed by atoms with E-state index in [0.29, 0.717) is 5.56 Å². The first-order chi connectivity index (χ1) is 10.9. The molecule has 0 aliphatic rings. The van der Waals surface area contributed by atoms with Crippen LogP contribution in [0.1, 0.15) is 27.0 Å². The zero-order valence-electron chi connectivity index (χ0n) is 14.0. The van der Waals surface area contributed by atoms with Gasteiger partial charge in [0.1, 0.15) is 0 Å². The van der Waals surface area contributed by atoms with Crippen LogP contribution in [0.25, 0.3) is 0 Å². The van der Waals surface area contributed by atoms with E-state index in [1.807, 2.05) is 51.1 Å². The normalized spacial score (nSPS) is 10.3. The fraction of sp³-hybridized carbons (Fsp3) is 0.263. The zero-order valence-corrected chi connectivity index (χ0v) is 14.0. The Morgan fingerprint density at radius 1 is 0.957 bits per heavy atom. The van der Waals surface area contributed by atoms with Crippen molar-refractivity contribution < 1.29 is 9.59 Å². The first-order valence-corrected chi connectivity index (χ1v) is 7.56. The molecule has 0 saturated carbocycles. The van der Waals surface area contributed by atoms with Crippen LogP contribution in [0, 0.1) is 20.8 Å². The minimum Gasteiger partial charge on any atom is -0.332 e. The highest BCUT2D eigenvalue weighted by atomic mass is 16.2. The number of hydrogen-bond donors (Lipinski definition) is 1. The number of likely N-dealkylation sites (N-methyl/N-ethyl adjacent to an activating group) is 1. The Labute approximate surface area is 137 Å². The molecule has 0 saturated heterocycles. The number of amides is 2. The number of benzene rings is 2. The molecule has 0 radical (unpaired) electrons. The average Bonchev–Trinajstić information content (AvgIpc) is 2.51. The van der Waals surface area contributed by atoms with E-state index in [-0.39, 0.29) is 18.4 Å². The summed E-state index contributed by atoms with van der Waals surface area (Å²) in [6.45, 7) is 5.88. The second-order valence-electron chi connectivity index (χ2n) is 5.84. The van der Waals surface area contributed by atoms with E-state index in [2.05, 4.69) is 5.32 Å². The third-order valence-corrected chi connectivity index (χ3v) is 3.77. The van der Waals surface area contributed by atoms with Crippen molar-refractivity contribution in [2.24, 2.45) is 0 Å². The van der Waals surface area contributed by atoms with Gasteiger partial charge in [0.05, 0.1) is 6.54 Å². The number of carbonyl (C=O) groups is 2. The third-order valence-electron chi connectivity index (χ3n) is 3.77. The summed E-state index contributed by atoms with van der Waals surface area (Å²) in [5, 5.41) is 2.89. The highest BCUT2D eigenvalue weighted by Crippen LogP contribution is 2.19. The summed E-state index contributed by atoms with van der Waals surface area (Å²) in [6.07, 6.45) is 0. The quantitative estimate of drug-likeness (QED) is 0.941. The molecule has 2 amide bonds. The van der Waals surface area contributed by atoms with Crippen LogP contribution in [-0.4, -0.2) is 30.3 Å². The van der Waals surface area contributed by atoms with Crippen molar-refractivity contribution >= 4 is 17.5 Å². The van der Waals surface area contributed by atoms with Crippen molar-refractivity contribution in [3.63, 3.8) is 0 Å². The van der Waals surface area contributed by atoms with Gasteiger partial charge in [0.2, 0.25) is 5.91 Å². The highest BCUT2D eigenvalue weighted by Gasteiger charge is 2.15. The summed E-state index contributed by atoms with van der Waals surface area (Å²) in [4.78, 5) is 26.0. The number of aryl methyl sites for hydroxylation is 3. The van der Waals surface area contributed by atoms with Gasteiger partial charge in [-0.25, -0.2) is 0 Å². The standard InChI is InChI=1S/C19H22N2O2/c1-13-8-10-16(11-9-13)19(23)21(4)12-17(22)20-18-14(2)6-5-7-15(18)3/h5-11H,12H2,1-4H3,(H,20,22). The van der Waals surface area contributed by atoms with Crippen molar-refractivity contribution in [2.45, 2.75) is 20.8 Å². The van der Waals surface area contributed by atoms with Gasteiger partial charge in [0.15, 0.2) is 0 Å². The summed E-state index contributed by atoms with van der Waals surface area (Å²) in [6, 6.07) is 13.2. The Morgan fingerprint density at radius 3 is 2.09 bits per heavy atom. The van der Waals surface area contributed by atoms with Gasteiger partial charge in [0.25, 0.3) is 5.91 Å². The van der Waals surface area contributed by atoms with Crippen molar-refractivity contribution in [3.05, 3.63) is 64.7 Å². The smallest absolute Gasteiger partial charge is 0.254 e. The highest BCUT2D eigenvalue weighted by molar-refractivity contribution is 5.99. The molecule has 0 unspecified atom stereocenters. The van der Waals surface area contributed by atoms with Crippen LogP contribution in [0.15, 0.2) is 42.5 Å². The molecule has 23 heavy (non-hydrogen) atoms. The van der Waals surface area contributed by atoms with E-state index in [9.17, 15) is 9.59 Å². The average molecular weight is 310 g/mol. The maximum absolute atomic E-state index is 12.3. The Balaban J connectivity index is 2.02. The third kappa shape index (κ3) is 4.19. The van der Waals surface area contributed by atoms with Crippen molar-refractivity contribution in [1.29, 1.82) is 0 Å². The van der Waals surface area contributed by atoms with E-state index in [4.69, 9.17) is 0 Å². The molecule has 0 heterocycles. The summed E-state index contributed by atoms with van der Waals surface area (Å²) in [5.41, 5.74) is 4.50. The summed E-state index contributed by atoms with van der Waals surface area (Å²) in [5.74, 6) is -0.369. The Bertz CT molecular complexity index is 700. The minimum absolute atomic E-state index is 0.0144. The molecule has 0 aliphatic heterocycles. The summed E-state index contributed by atoms with van der Waals surface area (Å²) in [7, 11) is 1.63. The second-order valence-corrected chi connectivity index (χ2v) is 5.84. The monoisotopic (exact) mass is 310 g/mol. The Hall–Kier alpha value is -2.62. The van der Waals surface area contributed by atoms with Crippen molar-refractivity contribution in [1.82, 2.24) is 4.90 Å². The van der Waals surface area contributed by atoms with Crippen molar-refractivity contribution in [3.8, 4) is 0 Å². The van der Waals surface area contributed by atoms with Crippen LogP contribution < -0.4 is 5.32 Å². The van der Waals surface area contributed by atoms with Crippen LogP contribution in [0.5, 0.6) is 0 Å². The maximum atomic E-state index is 12.3. The van der Waals surface area contributed by atoms with Crippen LogP contribution in [0.4, 0.5) is 5.69 Å². The molecule has 120 valence electrons. The number of nitrogens with one attached hydrogen (secondary N) is 1. The zero-order chi connectivity index (χ0) is 17.0. The largest absolute Gasteiger partial charge is 0.332 e. The number of hydrogen-bond acceptors (Lipinski definition) is 2. The number of carbonyl (C=O) groups excluding carboxylic acids is 2. The number of anilines is 1. The van der Waals surface area contributed by atoms with E-state index in [1.54, 1.807) is 19.2 Å². The molecule has 4 heteroatoms. The number of para-hydroxylation sites is 1. The molecular weight excluding hydrogens is 288 g/mol. The first kappa shape index (κ1) is 16.7. The summed E-state index contributed by atoms with van der Waals surface area (Å²) >= 11 is 0. The summed E-state index contributed by atoms with van der Waals surface area (Å²) < 4.78 is 0. The lowest BCUT2D eigenvalue weighted by Crippen LogP contribution is -2.35. The van der Waals surface area contributed by atoms with Gasteiger partial charge in [-0.15, -0.1) is 0 Å². The van der Waals surface area contributed by atoms with Crippen molar-refractivity contribution in [2.75, 3.05) is 18.9 Å². The maximum Gasteiger partial charge on any atom is 0.254 e. The fourth-order valence-electron chi connectivity index (χ4n) is 2.39. The predicted molar refractivity (Wildman–Crippen MR) is 92.7 cm³/mol. The van der Waals surface area contributed by atoms with E-state index >= 15 is 0 Å². The lowest BCUT2D eigenvalue weighted by atomic mass is 10.1. The fourth-order valence-corrected chi connectivity index (χ4v) is 2.39. The molecule has 0 atom stereocenters. The molecule has 4 nitrogen and oxygen atoms in total. The van der Waals surface area contributed by atoms with Gasteiger partial charge in [-0.2, -0.15) is 0 Å². The van der Waals surface area contributed by atoms with Gasteiger partial charge in [-0.3, -0.25) is 9.59 Å². The molecule has 0 aromatic heterocycles. The molecule has 0 aliphatic carbocycles. The SMILES string of the molecule is Cc1ccc(C(=O)N(C)CC(=O)Nc2c(C)cccc2C)cc1. The molecule has 2 aromatic rings. The van der Waals surface area contributed by atoms with Crippen LogP contribution >= 0.6 is 0 Å². The molecule has 2 aromatic carbocycles. The second kappa shape index (κ2) is 7.09. The van der Waals surface area contributed by atoms with E-state index in [1.165, 1.54) is 4.90 Å². The minimum atomic E-state index is -0.203. The molecule has 0 spiro atoms. The molecule has 2 rings (SSSR count). The van der Waals surface area contributed by atoms with Crippen LogP contribution in [-0.2, 0) is 4.79 Å². The van der Waals surface area contributed by atoms with Gasteiger partial charge < -0.3 is 10.2 Å². The topological polar surface area (TPSA) is 49.4 Å². The van der Waals surface area contributed by atoms with Gasteiger partial charge >= 0.3 is 0 Å². The molecule has 0 fully saturated rings. The van der Waals surface area contributed by atoms with Gasteiger partial charge in [0, 0.05) is 18.3 Å². The molecular formula is C19H22N2O2. The van der Waals surface area contributed by atoms with Crippen LogP contribution in [0.3, 0.4) is 0 Å². The lowest BCUT2D eigenvalue weighted by molar-refractivity contribution is -0.116. The lowest BCUT2D eigenvalue weighted by Gasteiger charge is -2.18. The number of nitrogens with zero attached hydrogens (tertiary/aromatic N) is 1. The van der Waals surface area contributed by atoms with E-state index in [0.717, 1.165) is 22.4 Å². The van der Waals surface area contributed by atoms with Gasteiger partial charge in [-0.05, 0) is 44.0 Å². The number of rotatable bonds is 4. The van der Waals surface area contributed by atoms with Crippen LogP contribution in [0.2, 0.25) is 0 Å². The molecule has 1 N–H and O–H groups in total. The Morgan fingerprint density at radius 2 is 1.52 bits per heavy atom. The predicted octanol–water partition coefficient (Wildman–Crippen LogP) is 3.32. The Kier molecular flexibility index (Phi) is 5.16. The first-order valence-electron chi connectivity index (χ1n) is 7.56. The van der Waals surface area contributed by atoms with Gasteiger partial charge in [-0.1, -0.05) is 35.9 Å².